The number of H-pyrrole nitrogens is 1. The largest absolute Gasteiger partial charge is 0.358 e. The van der Waals surface area contributed by atoms with E-state index in [1.807, 2.05) is 43.9 Å². The molecule has 0 spiro atoms. The summed E-state index contributed by atoms with van der Waals surface area (Å²) in [7, 11) is 0. The summed E-state index contributed by atoms with van der Waals surface area (Å²) in [6, 6.07) is 12.3. The number of nitrogens with one attached hydrogen (secondary N) is 3. The smallest absolute Gasteiger partial charge is 0.256 e. The minimum atomic E-state index is -0.250. The summed E-state index contributed by atoms with van der Waals surface area (Å²) in [5.74, 6) is -0.467. The molecule has 1 atom stereocenters. The van der Waals surface area contributed by atoms with Crippen LogP contribution < -0.4 is 10.6 Å². The van der Waals surface area contributed by atoms with Crippen LogP contribution >= 0.6 is 11.6 Å². The van der Waals surface area contributed by atoms with Gasteiger partial charge in [-0.15, -0.1) is 0 Å². The molecule has 0 bridgehead atoms. The standard InChI is InChI=1S/C30H31ClN4O3/c1-17-26(32-19(3)27(17)30(38)35-12-5-4-6-13-35)16-24-23-15-21(10-11-25(23)34-29(24)37)28(36)33-18(2)20-8-7-9-22(31)14-20/h7-11,14-16,18,32H,4-6,12-13H2,1-3H3,(H,33,36)(H,34,37). The monoisotopic (exact) mass is 530 g/mol. The number of aromatic amines is 1. The summed E-state index contributed by atoms with van der Waals surface area (Å²) < 4.78 is 0. The zero-order valence-corrected chi connectivity index (χ0v) is 22.5. The third-order valence-corrected chi connectivity index (χ3v) is 7.62. The zero-order chi connectivity index (χ0) is 27.0. The Hall–Kier alpha value is -3.84. The first-order valence-corrected chi connectivity index (χ1v) is 13.3. The molecule has 7 nitrogen and oxygen atoms in total. The molecule has 2 aliphatic heterocycles. The molecule has 0 saturated carbocycles. The Bertz CT molecular complexity index is 1470. The summed E-state index contributed by atoms with van der Waals surface area (Å²) in [6.45, 7) is 7.23. The molecule has 3 heterocycles. The average Bonchev–Trinajstić information content (AvgIpc) is 3.37. The van der Waals surface area contributed by atoms with Gasteiger partial charge in [0.15, 0.2) is 0 Å². The van der Waals surface area contributed by atoms with Gasteiger partial charge in [0, 0.05) is 46.3 Å². The highest BCUT2D eigenvalue weighted by atomic mass is 35.5. The first-order valence-electron chi connectivity index (χ1n) is 12.9. The van der Waals surface area contributed by atoms with E-state index >= 15 is 0 Å². The van der Waals surface area contributed by atoms with E-state index in [0.29, 0.717) is 38.7 Å². The molecule has 0 radical (unpaired) electrons. The fourth-order valence-corrected chi connectivity index (χ4v) is 5.45. The molecule has 5 rings (SSSR count). The van der Waals surface area contributed by atoms with E-state index in [9.17, 15) is 14.4 Å². The van der Waals surface area contributed by atoms with Crippen molar-refractivity contribution in [3.63, 3.8) is 0 Å². The lowest BCUT2D eigenvalue weighted by Gasteiger charge is -2.27. The van der Waals surface area contributed by atoms with E-state index in [4.69, 9.17) is 11.6 Å². The van der Waals surface area contributed by atoms with Crippen molar-refractivity contribution in [2.75, 3.05) is 18.4 Å². The second-order valence-corrected chi connectivity index (χ2v) is 10.5. The molecule has 38 heavy (non-hydrogen) atoms. The maximum absolute atomic E-state index is 13.2. The highest BCUT2D eigenvalue weighted by Crippen LogP contribution is 2.35. The number of anilines is 1. The molecule has 1 saturated heterocycles. The van der Waals surface area contributed by atoms with E-state index in [2.05, 4.69) is 15.6 Å². The third-order valence-electron chi connectivity index (χ3n) is 7.38. The van der Waals surface area contributed by atoms with Crippen LogP contribution in [0.2, 0.25) is 5.02 Å². The summed E-state index contributed by atoms with van der Waals surface area (Å²) in [5, 5.41) is 6.49. The van der Waals surface area contributed by atoms with Crippen LogP contribution in [0, 0.1) is 13.8 Å². The van der Waals surface area contributed by atoms with Crippen molar-refractivity contribution < 1.29 is 14.4 Å². The van der Waals surface area contributed by atoms with Crippen LogP contribution in [-0.2, 0) is 4.79 Å². The lowest BCUT2D eigenvalue weighted by molar-refractivity contribution is -0.110. The van der Waals surface area contributed by atoms with E-state index in [1.54, 1.807) is 30.3 Å². The fourth-order valence-electron chi connectivity index (χ4n) is 5.25. The Labute approximate surface area is 227 Å². The third kappa shape index (κ3) is 4.98. The topological polar surface area (TPSA) is 94.3 Å². The minimum Gasteiger partial charge on any atom is -0.358 e. The normalized spacial score (nSPS) is 16.8. The van der Waals surface area contributed by atoms with Crippen LogP contribution in [0.25, 0.3) is 11.6 Å². The molecule has 1 unspecified atom stereocenters. The average molecular weight is 531 g/mol. The molecule has 3 amide bonds. The van der Waals surface area contributed by atoms with Crippen molar-refractivity contribution in [1.29, 1.82) is 0 Å². The number of hydrogen-bond acceptors (Lipinski definition) is 3. The number of benzene rings is 2. The summed E-state index contributed by atoms with van der Waals surface area (Å²) in [6.07, 6.45) is 4.97. The second kappa shape index (κ2) is 10.5. The lowest BCUT2D eigenvalue weighted by atomic mass is 10.0. The van der Waals surface area contributed by atoms with Gasteiger partial charge in [-0.25, -0.2) is 0 Å². The molecule has 8 heteroatoms. The molecule has 2 aromatic carbocycles. The number of rotatable bonds is 5. The molecule has 0 aliphatic carbocycles. The van der Waals surface area contributed by atoms with Gasteiger partial charge in [-0.05, 0) is 87.6 Å². The number of piperidine rings is 1. The molecular weight excluding hydrogens is 500 g/mol. The van der Waals surface area contributed by atoms with Crippen LogP contribution in [-0.4, -0.2) is 40.7 Å². The van der Waals surface area contributed by atoms with Crippen LogP contribution in [0.15, 0.2) is 42.5 Å². The number of aromatic nitrogens is 1. The number of fused-ring (bicyclic) bond motifs is 1. The van der Waals surface area contributed by atoms with Crippen LogP contribution in [0.3, 0.4) is 0 Å². The van der Waals surface area contributed by atoms with Gasteiger partial charge >= 0.3 is 0 Å². The zero-order valence-electron chi connectivity index (χ0n) is 21.8. The molecule has 2 aliphatic rings. The van der Waals surface area contributed by atoms with E-state index in [1.165, 1.54) is 0 Å². The quantitative estimate of drug-likeness (QED) is 0.359. The maximum atomic E-state index is 13.2. The van der Waals surface area contributed by atoms with Gasteiger partial charge in [-0.1, -0.05) is 23.7 Å². The van der Waals surface area contributed by atoms with Crippen molar-refractivity contribution in [3.8, 4) is 0 Å². The van der Waals surface area contributed by atoms with E-state index < -0.39 is 0 Å². The second-order valence-electron chi connectivity index (χ2n) is 10.0. The Balaban J connectivity index is 1.42. The van der Waals surface area contributed by atoms with Crippen LogP contribution in [0.1, 0.15) is 81.0 Å². The number of aryl methyl sites for hydroxylation is 1. The Kier molecular flexibility index (Phi) is 7.13. The molecule has 3 N–H and O–H groups in total. The van der Waals surface area contributed by atoms with Crippen molar-refractivity contribution in [1.82, 2.24) is 15.2 Å². The van der Waals surface area contributed by atoms with Gasteiger partial charge in [0.2, 0.25) is 0 Å². The van der Waals surface area contributed by atoms with Crippen molar-refractivity contribution in [3.05, 3.63) is 86.7 Å². The Morgan fingerprint density at radius 2 is 1.84 bits per heavy atom. The number of amides is 3. The highest BCUT2D eigenvalue weighted by Gasteiger charge is 2.28. The Morgan fingerprint density at radius 3 is 2.58 bits per heavy atom. The highest BCUT2D eigenvalue weighted by molar-refractivity contribution is 6.35. The number of carbonyl (C=O) groups excluding carboxylic acids is 3. The van der Waals surface area contributed by atoms with Crippen LogP contribution in [0.4, 0.5) is 5.69 Å². The van der Waals surface area contributed by atoms with Crippen LogP contribution in [0.5, 0.6) is 0 Å². The number of likely N-dealkylation sites (tertiary alicyclic amines) is 1. The van der Waals surface area contributed by atoms with Gasteiger partial charge in [0.05, 0.1) is 17.2 Å². The molecule has 3 aromatic rings. The minimum absolute atomic E-state index is 0.0321. The van der Waals surface area contributed by atoms with Gasteiger partial charge in [0.1, 0.15) is 0 Å². The predicted octanol–water partition coefficient (Wildman–Crippen LogP) is 5.89. The molecule has 1 aromatic heterocycles. The summed E-state index contributed by atoms with van der Waals surface area (Å²) >= 11 is 6.10. The Morgan fingerprint density at radius 1 is 1.08 bits per heavy atom. The number of hydrogen-bond donors (Lipinski definition) is 3. The summed E-state index contributed by atoms with van der Waals surface area (Å²) in [4.78, 5) is 44.4. The first-order chi connectivity index (χ1) is 18.2. The first kappa shape index (κ1) is 25.8. The van der Waals surface area contributed by atoms with Gasteiger partial charge in [-0.3, -0.25) is 14.4 Å². The SMILES string of the molecule is Cc1[nH]c(C=C2C(=O)Nc3ccc(C(=O)NC(C)c4cccc(Cl)c4)cc32)c(C)c1C(=O)N1CCCCC1. The van der Waals surface area contributed by atoms with Gasteiger partial charge < -0.3 is 20.5 Å². The van der Waals surface area contributed by atoms with Gasteiger partial charge in [-0.2, -0.15) is 0 Å². The van der Waals surface area contributed by atoms with Crippen molar-refractivity contribution in [2.45, 2.75) is 46.1 Å². The van der Waals surface area contributed by atoms with Gasteiger partial charge in [0.25, 0.3) is 17.7 Å². The number of nitrogens with zero attached hydrogens (tertiary/aromatic N) is 1. The number of halogens is 1. The van der Waals surface area contributed by atoms with Crippen molar-refractivity contribution >= 4 is 46.7 Å². The van der Waals surface area contributed by atoms with E-state index in [-0.39, 0.29) is 23.8 Å². The lowest BCUT2D eigenvalue weighted by Crippen LogP contribution is -2.36. The van der Waals surface area contributed by atoms with Crippen molar-refractivity contribution in [2.24, 2.45) is 0 Å². The predicted molar refractivity (Wildman–Crippen MR) is 150 cm³/mol. The van der Waals surface area contributed by atoms with E-state index in [0.717, 1.165) is 49.2 Å². The molecule has 196 valence electrons. The number of carbonyl (C=O) groups is 3. The molecule has 1 fully saturated rings. The maximum Gasteiger partial charge on any atom is 0.256 e. The molecular formula is C30H31ClN4O3. The summed E-state index contributed by atoms with van der Waals surface area (Å²) in [5.41, 5.74) is 6.06. The fraction of sp³-hybridized carbons (Fsp3) is 0.300.